The molecule has 0 unspecified atom stereocenters. The Morgan fingerprint density at radius 1 is 1.38 bits per heavy atom. The van der Waals surface area contributed by atoms with E-state index in [1.165, 1.54) is 11.3 Å². The number of hydrogen-bond donors (Lipinski definition) is 2. The number of carbonyl (C=O) groups is 2. The highest BCUT2D eigenvalue weighted by Crippen LogP contribution is 2.17. The lowest BCUT2D eigenvalue weighted by atomic mass is 10.3. The first-order valence-corrected chi connectivity index (χ1v) is 7.18. The summed E-state index contributed by atoms with van der Waals surface area (Å²) in [5.74, 6) is -0.147. The van der Waals surface area contributed by atoms with Gasteiger partial charge in [-0.15, -0.1) is 11.3 Å². The average Bonchev–Trinajstić information content (AvgIpc) is 2.86. The van der Waals surface area contributed by atoms with Gasteiger partial charge in [-0.05, 0) is 19.1 Å². The van der Waals surface area contributed by atoms with E-state index in [1.54, 1.807) is 24.4 Å². The Balaban J connectivity index is 1.91. The number of hydrogen-bond acceptors (Lipinski definition) is 5. The number of rotatable bonds is 6. The summed E-state index contributed by atoms with van der Waals surface area (Å²) in [5.41, 5.74) is 5.63. The van der Waals surface area contributed by atoms with E-state index >= 15 is 0 Å². The maximum atomic E-state index is 12.0. The number of nitrogens with zero attached hydrogens (tertiary/aromatic N) is 1. The molecule has 1 aromatic heterocycles. The second-order valence-corrected chi connectivity index (χ2v) is 5.21. The molecule has 1 atom stereocenters. The van der Waals surface area contributed by atoms with Crippen LogP contribution in [0.3, 0.4) is 0 Å². The molecule has 0 saturated carbocycles. The molecule has 0 saturated heterocycles. The average molecular weight is 305 g/mol. The van der Waals surface area contributed by atoms with Gasteiger partial charge in [0.05, 0.1) is 12.1 Å². The van der Waals surface area contributed by atoms with E-state index in [0.717, 1.165) is 0 Å². The number of aromatic nitrogens is 1. The highest BCUT2D eigenvalue weighted by Gasteiger charge is 2.16. The van der Waals surface area contributed by atoms with Crippen molar-refractivity contribution < 1.29 is 14.3 Å². The van der Waals surface area contributed by atoms with Crippen molar-refractivity contribution in [2.75, 3.05) is 5.32 Å². The molecule has 0 aliphatic heterocycles. The van der Waals surface area contributed by atoms with Crippen LogP contribution in [0, 0.1) is 0 Å². The standard InChI is InChI=1S/C14H15N3O3S/c1-9(20-11-5-3-2-4-6-11)13(19)17-14-16-10(8-21-14)7-12(15)18/h2-6,8-9H,7H2,1H3,(H2,15,18)(H,16,17,19)/t9-/m1/s1. The summed E-state index contributed by atoms with van der Waals surface area (Å²) in [7, 11) is 0. The lowest BCUT2D eigenvalue weighted by Gasteiger charge is -2.13. The summed E-state index contributed by atoms with van der Waals surface area (Å²) in [6.45, 7) is 1.65. The number of anilines is 1. The van der Waals surface area contributed by atoms with Crippen LogP contribution in [0.15, 0.2) is 35.7 Å². The Morgan fingerprint density at radius 2 is 2.10 bits per heavy atom. The van der Waals surface area contributed by atoms with Gasteiger partial charge in [-0.2, -0.15) is 0 Å². The van der Waals surface area contributed by atoms with Gasteiger partial charge in [-0.3, -0.25) is 14.9 Å². The fourth-order valence-electron chi connectivity index (χ4n) is 1.59. The normalized spacial score (nSPS) is 11.7. The molecular weight excluding hydrogens is 290 g/mol. The molecule has 1 heterocycles. The maximum absolute atomic E-state index is 12.0. The predicted octanol–water partition coefficient (Wildman–Crippen LogP) is 1.58. The number of carbonyl (C=O) groups excluding carboxylic acids is 2. The minimum absolute atomic E-state index is 0.0580. The topological polar surface area (TPSA) is 94.3 Å². The highest BCUT2D eigenvalue weighted by atomic mass is 32.1. The predicted molar refractivity (Wildman–Crippen MR) is 80.2 cm³/mol. The van der Waals surface area contributed by atoms with Crippen LogP contribution in [-0.2, 0) is 16.0 Å². The molecule has 2 aromatic rings. The quantitative estimate of drug-likeness (QED) is 0.847. The molecule has 0 spiro atoms. The molecule has 6 nitrogen and oxygen atoms in total. The van der Waals surface area contributed by atoms with Crippen LogP contribution in [0.4, 0.5) is 5.13 Å². The van der Waals surface area contributed by atoms with Crippen LogP contribution in [0.2, 0.25) is 0 Å². The summed E-state index contributed by atoms with van der Waals surface area (Å²) in [6.07, 6.45) is -0.599. The summed E-state index contributed by atoms with van der Waals surface area (Å²) >= 11 is 1.24. The van der Waals surface area contributed by atoms with Crippen LogP contribution in [0.5, 0.6) is 5.75 Å². The zero-order valence-electron chi connectivity index (χ0n) is 11.4. The number of amides is 2. The van der Waals surface area contributed by atoms with Gasteiger partial charge in [0, 0.05) is 5.38 Å². The SMILES string of the molecule is C[C@@H](Oc1ccccc1)C(=O)Nc1nc(CC(N)=O)cs1. The van der Waals surface area contributed by atoms with Gasteiger partial charge in [-0.25, -0.2) is 4.98 Å². The van der Waals surface area contributed by atoms with Gasteiger partial charge < -0.3 is 10.5 Å². The fraction of sp³-hybridized carbons (Fsp3) is 0.214. The number of primary amides is 1. The molecule has 7 heteroatoms. The second kappa shape index (κ2) is 6.85. The number of para-hydroxylation sites is 1. The first-order valence-electron chi connectivity index (χ1n) is 6.30. The van der Waals surface area contributed by atoms with E-state index in [1.807, 2.05) is 18.2 Å². The Kier molecular flexibility index (Phi) is 4.89. The molecule has 0 aliphatic rings. The second-order valence-electron chi connectivity index (χ2n) is 4.35. The van der Waals surface area contributed by atoms with Crippen molar-refractivity contribution in [1.29, 1.82) is 0 Å². The molecule has 3 N–H and O–H groups in total. The van der Waals surface area contributed by atoms with Crippen molar-refractivity contribution >= 4 is 28.3 Å². The number of nitrogens with two attached hydrogens (primary N) is 1. The zero-order valence-corrected chi connectivity index (χ0v) is 12.2. The number of nitrogens with one attached hydrogen (secondary N) is 1. The van der Waals surface area contributed by atoms with Crippen molar-refractivity contribution in [3.63, 3.8) is 0 Å². The van der Waals surface area contributed by atoms with E-state index in [-0.39, 0.29) is 12.3 Å². The largest absolute Gasteiger partial charge is 0.481 e. The maximum Gasteiger partial charge on any atom is 0.266 e. The minimum atomic E-state index is -0.657. The molecular formula is C14H15N3O3S. The Morgan fingerprint density at radius 3 is 2.76 bits per heavy atom. The summed E-state index contributed by atoms with van der Waals surface area (Å²) < 4.78 is 5.51. The van der Waals surface area contributed by atoms with E-state index < -0.39 is 12.0 Å². The third-order valence-electron chi connectivity index (χ3n) is 2.56. The molecule has 2 amide bonds. The third kappa shape index (κ3) is 4.57. The summed E-state index contributed by atoms with van der Waals surface area (Å²) in [4.78, 5) is 26.9. The molecule has 21 heavy (non-hydrogen) atoms. The summed E-state index contributed by atoms with van der Waals surface area (Å²) in [5, 5.41) is 4.75. The molecule has 0 bridgehead atoms. The van der Waals surface area contributed by atoms with Gasteiger partial charge in [0.2, 0.25) is 5.91 Å². The van der Waals surface area contributed by atoms with E-state index in [9.17, 15) is 9.59 Å². The molecule has 2 rings (SSSR count). The van der Waals surface area contributed by atoms with Gasteiger partial charge in [0.1, 0.15) is 5.75 Å². The Bertz CT molecular complexity index is 627. The van der Waals surface area contributed by atoms with Gasteiger partial charge >= 0.3 is 0 Å². The van der Waals surface area contributed by atoms with E-state index in [2.05, 4.69) is 10.3 Å². The van der Waals surface area contributed by atoms with E-state index in [0.29, 0.717) is 16.6 Å². The van der Waals surface area contributed by atoms with Crippen molar-refractivity contribution in [3.8, 4) is 5.75 Å². The minimum Gasteiger partial charge on any atom is -0.481 e. The van der Waals surface area contributed by atoms with Crippen molar-refractivity contribution in [2.45, 2.75) is 19.4 Å². The number of benzene rings is 1. The van der Waals surface area contributed by atoms with Crippen molar-refractivity contribution in [1.82, 2.24) is 4.98 Å². The van der Waals surface area contributed by atoms with Gasteiger partial charge in [0.25, 0.3) is 5.91 Å². The van der Waals surface area contributed by atoms with Crippen LogP contribution in [0.1, 0.15) is 12.6 Å². The molecule has 110 valence electrons. The van der Waals surface area contributed by atoms with Gasteiger partial charge in [-0.1, -0.05) is 18.2 Å². The fourth-order valence-corrected chi connectivity index (χ4v) is 2.30. The van der Waals surface area contributed by atoms with Crippen LogP contribution in [-0.4, -0.2) is 22.9 Å². The first kappa shape index (κ1) is 15.0. The van der Waals surface area contributed by atoms with Crippen molar-refractivity contribution in [3.05, 3.63) is 41.4 Å². The van der Waals surface area contributed by atoms with Crippen LogP contribution >= 0.6 is 11.3 Å². The van der Waals surface area contributed by atoms with E-state index in [4.69, 9.17) is 10.5 Å². The highest BCUT2D eigenvalue weighted by molar-refractivity contribution is 7.13. The first-order chi connectivity index (χ1) is 10.0. The Hall–Kier alpha value is -2.41. The van der Waals surface area contributed by atoms with Crippen LogP contribution < -0.4 is 15.8 Å². The zero-order chi connectivity index (χ0) is 15.2. The molecule has 1 aromatic carbocycles. The lowest BCUT2D eigenvalue weighted by Crippen LogP contribution is -2.30. The monoisotopic (exact) mass is 305 g/mol. The molecule has 0 fully saturated rings. The summed E-state index contributed by atoms with van der Waals surface area (Å²) in [6, 6.07) is 9.08. The molecule has 0 aliphatic carbocycles. The Labute approximate surface area is 125 Å². The number of thiazole rings is 1. The van der Waals surface area contributed by atoms with Crippen LogP contribution in [0.25, 0.3) is 0 Å². The third-order valence-corrected chi connectivity index (χ3v) is 3.37. The van der Waals surface area contributed by atoms with Gasteiger partial charge in [0.15, 0.2) is 11.2 Å². The lowest BCUT2D eigenvalue weighted by molar-refractivity contribution is -0.122. The molecule has 0 radical (unpaired) electrons. The number of ether oxygens (including phenoxy) is 1. The smallest absolute Gasteiger partial charge is 0.266 e. The van der Waals surface area contributed by atoms with Crippen molar-refractivity contribution in [2.24, 2.45) is 5.73 Å².